The zero-order valence-electron chi connectivity index (χ0n) is 9.65. The van der Waals surface area contributed by atoms with Crippen molar-refractivity contribution in [1.29, 1.82) is 5.26 Å². The van der Waals surface area contributed by atoms with Crippen LogP contribution in [0.5, 0.6) is 0 Å². The molecular weight excluding hydrogens is 208 g/mol. The fourth-order valence-corrected chi connectivity index (χ4v) is 1.50. The number of ether oxygens (including phenoxy) is 2. The Hall–Kier alpha value is -1.12. The molecule has 1 rings (SSSR count). The van der Waals surface area contributed by atoms with Crippen molar-refractivity contribution in [2.24, 2.45) is 0 Å². The fraction of sp³-hybridized carbons (Fsp3) is 0.818. The molecule has 0 aromatic rings. The molecule has 1 aliphatic heterocycles. The third kappa shape index (κ3) is 3.80. The van der Waals surface area contributed by atoms with Crippen LogP contribution in [0.1, 0.15) is 19.8 Å². The van der Waals surface area contributed by atoms with Crippen molar-refractivity contribution < 1.29 is 14.3 Å². The van der Waals surface area contributed by atoms with Crippen molar-refractivity contribution in [1.82, 2.24) is 4.90 Å². The Labute approximate surface area is 95.9 Å². The number of carbonyl (C=O) groups is 1. The molecule has 0 bridgehead atoms. The molecule has 0 saturated carbocycles. The van der Waals surface area contributed by atoms with Crippen molar-refractivity contribution in [3.05, 3.63) is 0 Å². The second kappa shape index (κ2) is 7.20. The van der Waals surface area contributed by atoms with Crippen LogP contribution in [-0.2, 0) is 14.3 Å². The maximum atomic E-state index is 11.7. The summed E-state index contributed by atoms with van der Waals surface area (Å²) in [5.74, 6) is -0.119. The monoisotopic (exact) mass is 226 g/mol. The molecule has 0 N–H and O–H groups in total. The maximum Gasteiger partial charge on any atom is 0.249 e. The molecule has 5 nitrogen and oxygen atoms in total. The van der Waals surface area contributed by atoms with Crippen molar-refractivity contribution >= 4 is 5.91 Å². The maximum absolute atomic E-state index is 11.7. The predicted molar refractivity (Wildman–Crippen MR) is 57.7 cm³/mol. The van der Waals surface area contributed by atoms with Gasteiger partial charge in [0.25, 0.3) is 0 Å². The van der Waals surface area contributed by atoms with Crippen LogP contribution in [0.25, 0.3) is 0 Å². The van der Waals surface area contributed by atoms with E-state index in [0.29, 0.717) is 26.4 Å². The van der Waals surface area contributed by atoms with Gasteiger partial charge in [0.2, 0.25) is 5.91 Å². The van der Waals surface area contributed by atoms with E-state index in [1.54, 1.807) is 0 Å². The number of hydrogen-bond acceptors (Lipinski definition) is 4. The molecule has 5 heteroatoms. The number of hydrogen-bond donors (Lipinski definition) is 0. The van der Waals surface area contributed by atoms with Crippen LogP contribution in [0.15, 0.2) is 0 Å². The molecule has 1 saturated heterocycles. The van der Waals surface area contributed by atoms with Crippen LogP contribution in [-0.4, -0.2) is 49.8 Å². The van der Waals surface area contributed by atoms with Crippen molar-refractivity contribution in [3.63, 3.8) is 0 Å². The average Bonchev–Trinajstić information content (AvgIpc) is 2.34. The Morgan fingerprint density at radius 2 is 2.50 bits per heavy atom. The number of nitriles is 1. The van der Waals surface area contributed by atoms with E-state index >= 15 is 0 Å². The molecule has 0 spiro atoms. The average molecular weight is 226 g/mol. The molecule has 90 valence electrons. The molecule has 1 aliphatic rings. The molecule has 0 radical (unpaired) electrons. The van der Waals surface area contributed by atoms with Gasteiger partial charge in [-0.3, -0.25) is 4.79 Å². The number of nitrogens with zero attached hydrogens (tertiary/aromatic N) is 2. The number of unbranched alkanes of at least 4 members (excludes halogenated alkanes) is 1. The Balaban J connectivity index is 2.31. The summed E-state index contributed by atoms with van der Waals surface area (Å²) in [7, 11) is 0. The van der Waals surface area contributed by atoms with Gasteiger partial charge in [-0.25, -0.2) is 0 Å². The highest BCUT2D eigenvalue weighted by Crippen LogP contribution is 2.06. The summed E-state index contributed by atoms with van der Waals surface area (Å²) in [5.41, 5.74) is 0. The highest BCUT2D eigenvalue weighted by molar-refractivity contribution is 5.78. The minimum atomic E-state index is -0.462. The number of amides is 1. The van der Waals surface area contributed by atoms with Crippen LogP contribution in [0, 0.1) is 11.3 Å². The third-order valence-corrected chi connectivity index (χ3v) is 2.47. The van der Waals surface area contributed by atoms with E-state index in [1.165, 1.54) is 4.90 Å². The van der Waals surface area contributed by atoms with E-state index in [0.717, 1.165) is 12.8 Å². The first-order valence-corrected chi connectivity index (χ1v) is 5.64. The minimum absolute atomic E-state index is 0.0676. The van der Waals surface area contributed by atoms with Crippen molar-refractivity contribution in [2.45, 2.75) is 25.8 Å². The second-order valence-electron chi connectivity index (χ2n) is 3.71. The zero-order valence-corrected chi connectivity index (χ0v) is 9.65. The standard InChI is InChI=1S/C11H18N2O3/c1-2-3-5-15-9-11(14)13-4-6-16-8-10(13)7-12/h10H,2-6,8-9H2,1H3/t10-/m0/s1. The number of morpholine rings is 1. The molecule has 0 aromatic heterocycles. The Kier molecular flexibility index (Phi) is 5.83. The van der Waals surface area contributed by atoms with E-state index in [2.05, 4.69) is 13.0 Å². The van der Waals surface area contributed by atoms with Gasteiger partial charge in [0, 0.05) is 13.2 Å². The molecule has 0 aliphatic carbocycles. The molecule has 1 amide bonds. The topological polar surface area (TPSA) is 62.6 Å². The summed E-state index contributed by atoms with van der Waals surface area (Å²) < 4.78 is 10.4. The summed E-state index contributed by atoms with van der Waals surface area (Å²) in [6, 6.07) is 1.60. The van der Waals surface area contributed by atoms with Crippen LogP contribution in [0.3, 0.4) is 0 Å². The largest absolute Gasteiger partial charge is 0.376 e. The molecule has 1 atom stereocenters. The number of rotatable bonds is 5. The van der Waals surface area contributed by atoms with Crippen LogP contribution in [0.4, 0.5) is 0 Å². The second-order valence-corrected chi connectivity index (χ2v) is 3.71. The lowest BCUT2D eigenvalue weighted by Crippen LogP contribution is -2.49. The predicted octanol–water partition coefficient (Wildman–Crippen LogP) is 0.554. The molecular formula is C11H18N2O3. The van der Waals surface area contributed by atoms with Crippen molar-refractivity contribution in [3.8, 4) is 6.07 Å². The quantitative estimate of drug-likeness (QED) is 0.642. The molecule has 0 unspecified atom stereocenters. The SMILES string of the molecule is CCCCOCC(=O)N1CCOC[C@@H]1C#N. The van der Waals surface area contributed by atoms with E-state index in [9.17, 15) is 4.79 Å². The van der Waals surface area contributed by atoms with Crippen LogP contribution >= 0.6 is 0 Å². The van der Waals surface area contributed by atoms with Gasteiger partial charge in [0.05, 0.1) is 19.3 Å². The Morgan fingerprint density at radius 3 is 3.19 bits per heavy atom. The number of carbonyl (C=O) groups excluding carboxylic acids is 1. The highest BCUT2D eigenvalue weighted by atomic mass is 16.5. The van der Waals surface area contributed by atoms with Gasteiger partial charge in [-0.15, -0.1) is 0 Å². The fourth-order valence-electron chi connectivity index (χ4n) is 1.50. The van der Waals surface area contributed by atoms with Gasteiger partial charge in [0.15, 0.2) is 0 Å². The Morgan fingerprint density at radius 1 is 1.69 bits per heavy atom. The van der Waals surface area contributed by atoms with Crippen molar-refractivity contribution in [2.75, 3.05) is 33.0 Å². The molecule has 1 fully saturated rings. The zero-order chi connectivity index (χ0) is 11.8. The van der Waals surface area contributed by atoms with Gasteiger partial charge >= 0.3 is 0 Å². The summed E-state index contributed by atoms with van der Waals surface area (Å²) >= 11 is 0. The van der Waals surface area contributed by atoms with Gasteiger partial charge in [-0.05, 0) is 6.42 Å². The molecule has 0 aromatic carbocycles. The van der Waals surface area contributed by atoms with Crippen LogP contribution in [0.2, 0.25) is 0 Å². The minimum Gasteiger partial charge on any atom is -0.376 e. The summed E-state index contributed by atoms with van der Waals surface area (Å²) in [5, 5.41) is 8.86. The van der Waals surface area contributed by atoms with Gasteiger partial charge in [0.1, 0.15) is 12.6 Å². The smallest absolute Gasteiger partial charge is 0.249 e. The van der Waals surface area contributed by atoms with Gasteiger partial charge < -0.3 is 14.4 Å². The van der Waals surface area contributed by atoms with E-state index in [1.807, 2.05) is 0 Å². The molecule has 1 heterocycles. The van der Waals surface area contributed by atoms with E-state index in [4.69, 9.17) is 14.7 Å². The van der Waals surface area contributed by atoms with Gasteiger partial charge in [-0.1, -0.05) is 13.3 Å². The first-order chi connectivity index (χ1) is 7.79. The van der Waals surface area contributed by atoms with Crippen LogP contribution < -0.4 is 0 Å². The first kappa shape index (κ1) is 12.9. The lowest BCUT2D eigenvalue weighted by molar-refractivity contribution is -0.142. The normalized spacial score (nSPS) is 20.5. The highest BCUT2D eigenvalue weighted by Gasteiger charge is 2.26. The summed E-state index contributed by atoms with van der Waals surface area (Å²) in [6.07, 6.45) is 2.00. The first-order valence-electron chi connectivity index (χ1n) is 5.64. The lowest BCUT2D eigenvalue weighted by atomic mass is 10.2. The third-order valence-electron chi connectivity index (χ3n) is 2.47. The van der Waals surface area contributed by atoms with Gasteiger partial charge in [-0.2, -0.15) is 5.26 Å². The van der Waals surface area contributed by atoms with E-state index in [-0.39, 0.29) is 12.5 Å². The molecule has 16 heavy (non-hydrogen) atoms. The Bertz CT molecular complexity index is 262. The summed E-state index contributed by atoms with van der Waals surface area (Å²) in [4.78, 5) is 13.3. The lowest BCUT2D eigenvalue weighted by Gasteiger charge is -2.31. The van der Waals surface area contributed by atoms with E-state index < -0.39 is 6.04 Å². The summed E-state index contributed by atoms with van der Waals surface area (Å²) in [6.45, 7) is 4.02.